The average molecular weight is 382 g/mol. The number of nitrogens with two attached hydrogens (primary N) is 1. The predicted octanol–water partition coefficient (Wildman–Crippen LogP) is 4.10. The van der Waals surface area contributed by atoms with Crippen molar-refractivity contribution in [3.05, 3.63) is 71.8 Å². The van der Waals surface area contributed by atoms with E-state index in [2.05, 4.69) is 55.5 Å². The first-order valence-electron chi connectivity index (χ1n) is 9.89. The van der Waals surface area contributed by atoms with Crippen LogP contribution in [0.1, 0.15) is 42.5 Å². The summed E-state index contributed by atoms with van der Waals surface area (Å²) in [5, 5.41) is 9.12. The Hall–Kier alpha value is -3.41. The normalized spacial score (nSPS) is 17.4. The minimum Gasteiger partial charge on any atom is -0.368 e. The highest BCUT2D eigenvalue weighted by Gasteiger charge is 2.44. The molecule has 2 aromatic heterocycles. The molecule has 2 aliphatic rings. The molecule has 5 rings (SSSR count). The van der Waals surface area contributed by atoms with Gasteiger partial charge in [0.25, 0.3) is 0 Å². The molecule has 0 saturated heterocycles. The van der Waals surface area contributed by atoms with Crippen molar-refractivity contribution in [2.24, 2.45) is 10.2 Å². The largest absolute Gasteiger partial charge is 0.368 e. The van der Waals surface area contributed by atoms with Gasteiger partial charge in [0.2, 0.25) is 5.95 Å². The highest BCUT2D eigenvalue weighted by Crippen LogP contribution is 2.47. The summed E-state index contributed by atoms with van der Waals surface area (Å²) in [6.07, 6.45) is 9.65. The highest BCUT2D eigenvalue weighted by atomic mass is 15.2. The van der Waals surface area contributed by atoms with Crippen LogP contribution >= 0.6 is 0 Å². The fourth-order valence-corrected chi connectivity index (χ4v) is 4.16. The third-order valence-corrected chi connectivity index (χ3v) is 6.07. The molecule has 0 unspecified atom stereocenters. The van der Waals surface area contributed by atoms with Crippen molar-refractivity contribution in [1.29, 1.82) is 0 Å². The third-order valence-electron chi connectivity index (χ3n) is 6.07. The summed E-state index contributed by atoms with van der Waals surface area (Å²) >= 11 is 0. The van der Waals surface area contributed by atoms with Crippen molar-refractivity contribution >= 4 is 17.4 Å². The molecule has 3 heterocycles. The van der Waals surface area contributed by atoms with Crippen LogP contribution in [0.25, 0.3) is 11.1 Å². The van der Waals surface area contributed by atoms with Gasteiger partial charge in [-0.3, -0.25) is 4.98 Å². The summed E-state index contributed by atoms with van der Waals surface area (Å²) in [6, 6.07) is 12.8. The van der Waals surface area contributed by atoms with Crippen LogP contribution in [-0.4, -0.2) is 26.4 Å². The number of aromatic nitrogens is 3. The first-order chi connectivity index (χ1) is 14.1. The molecule has 6 heteroatoms. The molecular weight excluding hydrogens is 360 g/mol. The number of anilines is 1. The molecule has 29 heavy (non-hydrogen) atoms. The summed E-state index contributed by atoms with van der Waals surface area (Å²) in [5.41, 5.74) is 13.2. The Bertz CT molecular complexity index is 1090. The van der Waals surface area contributed by atoms with Gasteiger partial charge in [0.05, 0.1) is 11.4 Å². The maximum Gasteiger partial charge on any atom is 0.219 e. The Kier molecular flexibility index (Phi) is 4.19. The van der Waals surface area contributed by atoms with Crippen molar-refractivity contribution in [2.45, 2.75) is 38.0 Å². The quantitative estimate of drug-likeness (QED) is 0.736. The summed E-state index contributed by atoms with van der Waals surface area (Å²) in [6.45, 7) is 1.99. The molecule has 144 valence electrons. The van der Waals surface area contributed by atoms with E-state index in [-0.39, 0.29) is 11.4 Å². The molecule has 1 aromatic carbocycles. The standard InChI is InChI=1S/C23H22N6/c1-15-3-4-17(12-25-15)20-11-21(29-28-20)23(9-2-10-23)19-7-5-16(6-8-19)18-13-26-22(24)27-14-18/h3-8,12-14H,2,9-11H2,1H3,(H2,24,26,27). The van der Waals surface area contributed by atoms with Crippen LogP contribution in [0, 0.1) is 6.92 Å². The average Bonchev–Trinajstić information content (AvgIpc) is 3.19. The molecule has 0 bridgehead atoms. The topological polar surface area (TPSA) is 89.4 Å². The molecular formula is C23H22N6. The number of nitrogen functional groups attached to an aromatic ring is 1. The monoisotopic (exact) mass is 382 g/mol. The summed E-state index contributed by atoms with van der Waals surface area (Å²) in [4.78, 5) is 12.6. The number of aryl methyl sites for hydroxylation is 1. The van der Waals surface area contributed by atoms with Gasteiger partial charge in [0.1, 0.15) is 0 Å². The van der Waals surface area contributed by atoms with Crippen molar-refractivity contribution in [1.82, 2.24) is 15.0 Å². The van der Waals surface area contributed by atoms with Gasteiger partial charge in [-0.05, 0) is 43.0 Å². The van der Waals surface area contributed by atoms with Gasteiger partial charge < -0.3 is 5.73 Å². The number of hydrogen-bond donors (Lipinski definition) is 1. The SMILES string of the molecule is Cc1ccc(C2=NN=C(C3(c4ccc(-c5cnc(N)nc5)cc4)CCC3)C2)cn1. The van der Waals surface area contributed by atoms with E-state index in [1.165, 1.54) is 17.7 Å². The molecule has 1 fully saturated rings. The zero-order chi connectivity index (χ0) is 19.8. The van der Waals surface area contributed by atoms with Crippen molar-refractivity contribution in [2.75, 3.05) is 5.73 Å². The van der Waals surface area contributed by atoms with Crippen LogP contribution in [0.2, 0.25) is 0 Å². The zero-order valence-corrected chi connectivity index (χ0v) is 16.3. The summed E-state index contributed by atoms with van der Waals surface area (Å²) in [7, 11) is 0. The first kappa shape index (κ1) is 17.7. The minimum absolute atomic E-state index is 0.000475. The van der Waals surface area contributed by atoms with Gasteiger partial charge >= 0.3 is 0 Å². The van der Waals surface area contributed by atoms with Crippen LogP contribution in [-0.2, 0) is 5.41 Å². The zero-order valence-electron chi connectivity index (χ0n) is 16.3. The molecule has 1 aliphatic heterocycles. The van der Waals surface area contributed by atoms with Crippen LogP contribution in [0.4, 0.5) is 5.95 Å². The van der Waals surface area contributed by atoms with Crippen LogP contribution < -0.4 is 5.73 Å². The molecule has 0 radical (unpaired) electrons. The molecule has 0 amide bonds. The highest BCUT2D eigenvalue weighted by molar-refractivity contribution is 6.18. The van der Waals surface area contributed by atoms with Gasteiger partial charge in [-0.1, -0.05) is 30.7 Å². The maximum absolute atomic E-state index is 5.59. The minimum atomic E-state index is -0.000475. The number of benzene rings is 1. The van der Waals surface area contributed by atoms with Gasteiger partial charge in [0, 0.05) is 47.2 Å². The van der Waals surface area contributed by atoms with E-state index in [4.69, 9.17) is 5.73 Å². The van der Waals surface area contributed by atoms with Crippen molar-refractivity contribution < 1.29 is 0 Å². The number of nitrogens with zero attached hydrogens (tertiary/aromatic N) is 5. The second-order valence-electron chi connectivity index (χ2n) is 7.80. The smallest absolute Gasteiger partial charge is 0.219 e. The fourth-order valence-electron chi connectivity index (χ4n) is 4.16. The Labute approximate surface area is 169 Å². The van der Waals surface area contributed by atoms with E-state index in [1.807, 2.05) is 19.2 Å². The Morgan fingerprint density at radius 3 is 2.10 bits per heavy atom. The lowest BCUT2D eigenvalue weighted by atomic mass is 9.60. The van der Waals surface area contributed by atoms with Gasteiger partial charge in [-0.25, -0.2) is 9.97 Å². The predicted molar refractivity (Wildman–Crippen MR) is 115 cm³/mol. The van der Waals surface area contributed by atoms with E-state index >= 15 is 0 Å². The van der Waals surface area contributed by atoms with Crippen LogP contribution in [0.3, 0.4) is 0 Å². The first-order valence-corrected chi connectivity index (χ1v) is 9.89. The van der Waals surface area contributed by atoms with Crippen molar-refractivity contribution in [3.8, 4) is 11.1 Å². The second-order valence-corrected chi connectivity index (χ2v) is 7.80. The second kappa shape index (κ2) is 6.88. The Morgan fingerprint density at radius 1 is 0.793 bits per heavy atom. The number of pyridine rings is 1. The van der Waals surface area contributed by atoms with Crippen molar-refractivity contribution in [3.63, 3.8) is 0 Å². The van der Waals surface area contributed by atoms with Crippen LogP contribution in [0.15, 0.2) is 65.2 Å². The Morgan fingerprint density at radius 2 is 1.48 bits per heavy atom. The maximum atomic E-state index is 5.59. The summed E-state index contributed by atoms with van der Waals surface area (Å²) in [5.74, 6) is 0.289. The molecule has 3 aromatic rings. The van der Waals surface area contributed by atoms with Gasteiger partial charge in [-0.15, -0.1) is 0 Å². The van der Waals surface area contributed by atoms with E-state index < -0.39 is 0 Å². The molecule has 1 aliphatic carbocycles. The third kappa shape index (κ3) is 3.10. The lowest BCUT2D eigenvalue weighted by molar-refractivity contribution is 0.338. The fraction of sp³-hybridized carbons (Fsp3) is 0.261. The molecule has 0 spiro atoms. The molecule has 1 saturated carbocycles. The van der Waals surface area contributed by atoms with E-state index in [0.717, 1.165) is 47.4 Å². The summed E-state index contributed by atoms with van der Waals surface area (Å²) < 4.78 is 0. The lowest BCUT2D eigenvalue weighted by Gasteiger charge is -2.42. The van der Waals surface area contributed by atoms with E-state index in [9.17, 15) is 0 Å². The van der Waals surface area contributed by atoms with Gasteiger partial charge in [0.15, 0.2) is 0 Å². The van der Waals surface area contributed by atoms with E-state index in [1.54, 1.807) is 12.4 Å². The number of hydrogen-bond acceptors (Lipinski definition) is 6. The molecule has 6 nitrogen and oxygen atoms in total. The van der Waals surface area contributed by atoms with Gasteiger partial charge in [-0.2, -0.15) is 10.2 Å². The van der Waals surface area contributed by atoms with Crippen LogP contribution in [0.5, 0.6) is 0 Å². The van der Waals surface area contributed by atoms with E-state index in [0.29, 0.717) is 0 Å². The Balaban J connectivity index is 1.38. The molecule has 2 N–H and O–H groups in total. The number of rotatable bonds is 4. The lowest BCUT2D eigenvalue weighted by Crippen LogP contribution is -2.42. The molecule has 0 atom stereocenters.